The minimum Gasteiger partial charge on any atom is -0.480 e. The molecule has 14 heteroatoms. The predicted molar refractivity (Wildman–Crippen MR) is 115 cm³/mol. The summed E-state index contributed by atoms with van der Waals surface area (Å²) in [5, 5.41) is 23.2. The fourth-order valence-electron chi connectivity index (χ4n) is 3.08. The van der Waals surface area contributed by atoms with Crippen LogP contribution in [0, 0.1) is 0 Å². The van der Waals surface area contributed by atoms with Crippen molar-refractivity contribution in [1.29, 1.82) is 0 Å². The van der Waals surface area contributed by atoms with Crippen molar-refractivity contribution in [3.63, 3.8) is 0 Å². The van der Waals surface area contributed by atoms with Crippen molar-refractivity contribution in [2.45, 2.75) is 49.9 Å². The van der Waals surface area contributed by atoms with Gasteiger partial charge >= 0.3 is 5.97 Å². The third-order valence-corrected chi connectivity index (χ3v) is 5.09. The van der Waals surface area contributed by atoms with Gasteiger partial charge in [0.05, 0.1) is 6.61 Å². The number of hydrogen-bond acceptors (Lipinski definition) is 8. The van der Waals surface area contributed by atoms with Gasteiger partial charge in [0, 0.05) is 18.8 Å². The Bertz CT molecular complexity index is 688. The van der Waals surface area contributed by atoms with Crippen LogP contribution in [0.2, 0.25) is 0 Å². The molecule has 0 saturated carbocycles. The summed E-state index contributed by atoms with van der Waals surface area (Å²) >= 11 is 4.07. The van der Waals surface area contributed by atoms with Crippen molar-refractivity contribution in [1.82, 2.24) is 15.5 Å². The molecule has 176 valence electrons. The molecule has 0 aromatic heterocycles. The van der Waals surface area contributed by atoms with Gasteiger partial charge in [0.2, 0.25) is 17.7 Å². The second-order valence-corrected chi connectivity index (χ2v) is 7.44. The molecule has 0 aliphatic carbocycles. The maximum absolute atomic E-state index is 12.9. The lowest BCUT2D eigenvalue weighted by Crippen LogP contribution is -2.57. The maximum Gasteiger partial charge on any atom is 0.326 e. The number of guanidine groups is 1. The highest BCUT2D eigenvalue weighted by atomic mass is 32.1. The van der Waals surface area contributed by atoms with Crippen LogP contribution < -0.4 is 27.8 Å². The number of nitrogens with one attached hydrogen (secondary N) is 2. The normalized spacial score (nSPS) is 18.5. The lowest BCUT2D eigenvalue weighted by molar-refractivity contribution is -0.144. The molecule has 31 heavy (non-hydrogen) atoms. The highest BCUT2D eigenvalue weighted by Crippen LogP contribution is 2.19. The molecule has 1 saturated heterocycles. The minimum atomic E-state index is -1.22. The highest BCUT2D eigenvalue weighted by molar-refractivity contribution is 7.80. The Balaban J connectivity index is 2.77. The second kappa shape index (κ2) is 13.0. The van der Waals surface area contributed by atoms with Crippen LogP contribution in [0.4, 0.5) is 0 Å². The van der Waals surface area contributed by atoms with Gasteiger partial charge in [-0.25, -0.2) is 4.79 Å². The van der Waals surface area contributed by atoms with Crippen molar-refractivity contribution in [3.05, 3.63) is 0 Å². The van der Waals surface area contributed by atoms with Crippen molar-refractivity contribution >= 4 is 42.3 Å². The molecular weight excluding hydrogens is 430 g/mol. The molecule has 4 atom stereocenters. The van der Waals surface area contributed by atoms with Crippen LogP contribution in [0.15, 0.2) is 4.99 Å². The third-order valence-electron chi connectivity index (χ3n) is 4.73. The average Bonchev–Trinajstić information content (AvgIpc) is 3.22. The summed E-state index contributed by atoms with van der Waals surface area (Å²) in [7, 11) is 0. The van der Waals surface area contributed by atoms with Crippen LogP contribution in [-0.4, -0.2) is 94.4 Å². The number of aliphatic hydroxyl groups is 1. The molecule has 0 spiro atoms. The first-order chi connectivity index (χ1) is 14.6. The molecule has 0 bridgehead atoms. The van der Waals surface area contributed by atoms with Crippen molar-refractivity contribution in [2.24, 2.45) is 22.2 Å². The van der Waals surface area contributed by atoms with Gasteiger partial charge in [-0.2, -0.15) is 12.6 Å². The van der Waals surface area contributed by atoms with Gasteiger partial charge in [-0.1, -0.05) is 0 Å². The number of carboxylic acids is 1. The second-order valence-electron chi connectivity index (χ2n) is 7.07. The first-order valence-electron chi connectivity index (χ1n) is 9.79. The Labute approximate surface area is 185 Å². The number of carbonyl (C=O) groups excluding carboxylic acids is 3. The van der Waals surface area contributed by atoms with Gasteiger partial charge in [0.25, 0.3) is 0 Å². The molecule has 1 heterocycles. The first-order valence-corrected chi connectivity index (χ1v) is 10.4. The number of carbonyl (C=O) groups is 4. The summed E-state index contributed by atoms with van der Waals surface area (Å²) in [5.74, 6) is -3.23. The molecule has 1 rings (SSSR count). The summed E-state index contributed by atoms with van der Waals surface area (Å²) in [6.07, 6.45) is 1.32. The van der Waals surface area contributed by atoms with E-state index >= 15 is 0 Å². The van der Waals surface area contributed by atoms with Gasteiger partial charge < -0.3 is 42.9 Å². The van der Waals surface area contributed by atoms with E-state index in [0.29, 0.717) is 19.3 Å². The van der Waals surface area contributed by atoms with Crippen LogP contribution in [0.1, 0.15) is 25.7 Å². The van der Waals surface area contributed by atoms with Crippen LogP contribution in [-0.2, 0) is 19.2 Å². The molecule has 10 N–H and O–H groups in total. The van der Waals surface area contributed by atoms with Crippen LogP contribution in [0.25, 0.3) is 0 Å². The van der Waals surface area contributed by atoms with E-state index in [1.165, 1.54) is 4.90 Å². The Morgan fingerprint density at radius 1 is 1.19 bits per heavy atom. The van der Waals surface area contributed by atoms with E-state index in [1.807, 2.05) is 0 Å². The lowest BCUT2D eigenvalue weighted by Gasteiger charge is -2.29. The number of likely N-dealkylation sites (tertiary alicyclic amines) is 1. The van der Waals surface area contributed by atoms with E-state index < -0.39 is 54.5 Å². The van der Waals surface area contributed by atoms with E-state index in [-0.39, 0.29) is 31.2 Å². The summed E-state index contributed by atoms with van der Waals surface area (Å²) < 4.78 is 0. The Kier molecular flexibility index (Phi) is 11.1. The minimum absolute atomic E-state index is 0.0455. The molecule has 4 unspecified atom stereocenters. The zero-order chi connectivity index (χ0) is 23.6. The molecule has 1 fully saturated rings. The third kappa shape index (κ3) is 8.22. The fourth-order valence-corrected chi connectivity index (χ4v) is 3.33. The Morgan fingerprint density at radius 2 is 1.87 bits per heavy atom. The maximum atomic E-state index is 12.9. The van der Waals surface area contributed by atoms with Gasteiger partial charge in [-0.05, 0) is 25.7 Å². The number of aliphatic hydroxyl groups excluding tert-OH is 1. The first kappa shape index (κ1) is 26.5. The largest absolute Gasteiger partial charge is 0.480 e. The summed E-state index contributed by atoms with van der Waals surface area (Å²) in [4.78, 5) is 54.0. The average molecular weight is 462 g/mol. The summed E-state index contributed by atoms with van der Waals surface area (Å²) in [5.41, 5.74) is 15.9. The molecule has 1 aliphatic rings. The predicted octanol–water partition coefficient (Wildman–Crippen LogP) is -3.67. The number of aliphatic carboxylic acids is 1. The van der Waals surface area contributed by atoms with Crippen molar-refractivity contribution in [2.75, 3.05) is 25.4 Å². The quantitative estimate of drug-likeness (QED) is 0.0619. The molecular formula is C17H31N7O6S. The van der Waals surface area contributed by atoms with Crippen LogP contribution in [0.3, 0.4) is 0 Å². The monoisotopic (exact) mass is 461 g/mol. The van der Waals surface area contributed by atoms with E-state index in [1.54, 1.807) is 0 Å². The standard InChI is InChI=1S/C17H31N7O6S/c18-9(7-25)13(26)23-11(8-31)15(28)24-6-2-4-12(24)14(27)22-10(16(29)30)3-1-5-21-17(19)20/h9-12,25,31H,1-8,18H2,(H,22,27)(H,23,26)(H,29,30)(H4,19,20,21). The summed E-state index contributed by atoms with van der Waals surface area (Å²) in [6, 6.07) is -4.28. The topological polar surface area (TPSA) is 226 Å². The SMILES string of the molecule is NC(N)=NCCCC(NC(=O)C1CCCN1C(=O)C(CS)NC(=O)C(N)CO)C(=O)O. The molecule has 0 aromatic rings. The smallest absolute Gasteiger partial charge is 0.326 e. The van der Waals surface area contributed by atoms with Gasteiger partial charge in [-0.3, -0.25) is 19.4 Å². The molecule has 3 amide bonds. The van der Waals surface area contributed by atoms with Gasteiger partial charge in [-0.15, -0.1) is 0 Å². The zero-order valence-corrected chi connectivity index (χ0v) is 18.0. The summed E-state index contributed by atoms with van der Waals surface area (Å²) in [6.45, 7) is -0.103. The Hall–Kier alpha value is -2.58. The molecule has 1 aliphatic heterocycles. The molecule has 0 aromatic carbocycles. The van der Waals surface area contributed by atoms with E-state index in [9.17, 15) is 24.3 Å². The van der Waals surface area contributed by atoms with Crippen molar-refractivity contribution < 1.29 is 29.4 Å². The molecule has 0 radical (unpaired) electrons. The van der Waals surface area contributed by atoms with E-state index in [0.717, 1.165) is 0 Å². The van der Waals surface area contributed by atoms with E-state index in [4.69, 9.17) is 22.3 Å². The zero-order valence-electron chi connectivity index (χ0n) is 17.1. The Morgan fingerprint density at radius 3 is 2.42 bits per heavy atom. The number of thiol groups is 1. The van der Waals surface area contributed by atoms with Crippen LogP contribution in [0.5, 0.6) is 0 Å². The molecule has 13 nitrogen and oxygen atoms in total. The number of amides is 3. The number of carboxylic acid groups (broad SMARTS) is 1. The fraction of sp³-hybridized carbons (Fsp3) is 0.706. The number of hydrogen-bond donors (Lipinski definition) is 8. The highest BCUT2D eigenvalue weighted by Gasteiger charge is 2.38. The van der Waals surface area contributed by atoms with E-state index in [2.05, 4.69) is 28.3 Å². The number of nitrogens with zero attached hydrogens (tertiary/aromatic N) is 2. The number of rotatable bonds is 12. The number of aliphatic imine (C=N–C) groups is 1. The lowest BCUT2D eigenvalue weighted by atomic mass is 10.1. The van der Waals surface area contributed by atoms with Gasteiger partial charge in [0.15, 0.2) is 5.96 Å². The van der Waals surface area contributed by atoms with Gasteiger partial charge in [0.1, 0.15) is 24.2 Å². The number of nitrogens with two attached hydrogens (primary N) is 3. The van der Waals surface area contributed by atoms with Crippen LogP contribution >= 0.6 is 12.6 Å². The van der Waals surface area contributed by atoms with Crippen molar-refractivity contribution in [3.8, 4) is 0 Å².